The summed E-state index contributed by atoms with van der Waals surface area (Å²) < 4.78 is 16.8. The summed E-state index contributed by atoms with van der Waals surface area (Å²) in [6.45, 7) is 0. The van der Waals surface area contributed by atoms with E-state index in [-0.39, 0.29) is 29.7 Å². The van der Waals surface area contributed by atoms with Crippen molar-refractivity contribution in [1.82, 2.24) is 9.97 Å². The van der Waals surface area contributed by atoms with Crippen LogP contribution in [0.4, 0.5) is 5.69 Å². The van der Waals surface area contributed by atoms with Crippen LogP contribution >= 0.6 is 12.4 Å². The Morgan fingerprint density at radius 2 is 1.64 bits per heavy atom. The largest absolute Gasteiger partial charge is 0.502 e. The molecule has 0 saturated heterocycles. The smallest absolute Gasteiger partial charge is 0.227 e. The molecule has 0 spiro atoms. The first kappa shape index (κ1) is 23.9. The lowest BCUT2D eigenvalue weighted by Crippen LogP contribution is -2.07. The molecule has 172 valence electrons. The summed E-state index contributed by atoms with van der Waals surface area (Å²) in [7, 11) is 6.98. The van der Waals surface area contributed by atoms with Crippen molar-refractivity contribution in [3.63, 3.8) is 0 Å². The number of phenols is 1. The van der Waals surface area contributed by atoms with Crippen molar-refractivity contribution in [2.45, 2.75) is 6.42 Å². The van der Waals surface area contributed by atoms with E-state index in [4.69, 9.17) is 18.9 Å². The van der Waals surface area contributed by atoms with Gasteiger partial charge >= 0.3 is 0 Å². The zero-order valence-corrected chi connectivity index (χ0v) is 19.7. The molecule has 0 aliphatic carbocycles. The zero-order chi connectivity index (χ0) is 22.7. The number of rotatable bonds is 7. The van der Waals surface area contributed by atoms with Gasteiger partial charge < -0.3 is 23.9 Å². The summed E-state index contributed by atoms with van der Waals surface area (Å²) in [5, 5.41) is 10.3. The Morgan fingerprint density at radius 1 is 0.970 bits per heavy atom. The molecule has 2 aromatic carbocycles. The highest BCUT2D eigenvalue weighted by molar-refractivity contribution is 5.85. The minimum absolute atomic E-state index is 0. The monoisotopic (exact) mass is 467 g/mol. The molecule has 0 bridgehead atoms. The maximum Gasteiger partial charge on any atom is 0.227 e. The molecule has 0 radical (unpaired) electrons. The van der Waals surface area contributed by atoms with Crippen LogP contribution in [0.3, 0.4) is 0 Å². The van der Waals surface area contributed by atoms with E-state index in [9.17, 15) is 5.11 Å². The van der Waals surface area contributed by atoms with Gasteiger partial charge in [-0.05, 0) is 35.9 Å². The quantitative estimate of drug-likeness (QED) is 0.399. The Kier molecular flexibility index (Phi) is 7.45. The Morgan fingerprint density at radius 3 is 2.18 bits per heavy atom. The Bertz CT molecular complexity index is 1180. The number of nitrogens with zero attached hydrogens (tertiary/aromatic N) is 3. The number of halogens is 1. The number of ether oxygens (including phenoxy) is 2. The summed E-state index contributed by atoms with van der Waals surface area (Å²) in [6.07, 6.45) is 4.09. The van der Waals surface area contributed by atoms with Crippen LogP contribution in [0, 0.1) is 0 Å². The summed E-state index contributed by atoms with van der Waals surface area (Å²) in [5.41, 5.74) is 4.45. The number of anilines is 1. The Balaban J connectivity index is 0.00000306. The second-order valence-corrected chi connectivity index (χ2v) is 7.50. The molecule has 2 aromatic heterocycles. The molecular weight excluding hydrogens is 442 g/mol. The molecule has 0 aliphatic heterocycles. The lowest BCUT2D eigenvalue weighted by Gasteiger charge is -2.12. The maximum atomic E-state index is 10.3. The van der Waals surface area contributed by atoms with Crippen LogP contribution < -0.4 is 14.4 Å². The average molecular weight is 468 g/mol. The fourth-order valence-corrected chi connectivity index (χ4v) is 3.44. The number of aromatic nitrogens is 2. The van der Waals surface area contributed by atoms with Crippen molar-refractivity contribution in [3.8, 4) is 40.0 Å². The van der Waals surface area contributed by atoms with Gasteiger partial charge in [0.25, 0.3) is 0 Å². The number of hydrogen-bond donors (Lipinski definition) is 1. The lowest BCUT2D eigenvalue weighted by atomic mass is 10.1. The zero-order valence-electron chi connectivity index (χ0n) is 18.9. The van der Waals surface area contributed by atoms with E-state index in [1.165, 1.54) is 14.2 Å². The van der Waals surface area contributed by atoms with Crippen molar-refractivity contribution in [3.05, 3.63) is 72.2 Å². The van der Waals surface area contributed by atoms with Crippen molar-refractivity contribution >= 4 is 18.1 Å². The van der Waals surface area contributed by atoms with Crippen molar-refractivity contribution < 1.29 is 19.0 Å². The Labute approximate surface area is 199 Å². The minimum Gasteiger partial charge on any atom is -0.502 e. The molecule has 0 unspecified atom stereocenters. The van der Waals surface area contributed by atoms with Crippen LogP contribution in [0.2, 0.25) is 0 Å². The van der Waals surface area contributed by atoms with Gasteiger partial charge in [-0.1, -0.05) is 18.2 Å². The number of hydrogen-bond acceptors (Lipinski definition) is 7. The third-order valence-corrected chi connectivity index (χ3v) is 5.17. The fraction of sp³-hybridized carbons (Fsp3) is 0.200. The van der Waals surface area contributed by atoms with Gasteiger partial charge in [-0.2, -0.15) is 0 Å². The third kappa shape index (κ3) is 5.04. The summed E-state index contributed by atoms with van der Waals surface area (Å²) in [5.74, 6) is 1.62. The van der Waals surface area contributed by atoms with E-state index >= 15 is 0 Å². The first-order chi connectivity index (χ1) is 15.5. The molecule has 0 atom stereocenters. The minimum atomic E-state index is -0.0691. The number of phenolic OH excluding ortho intramolecular Hbond substituents is 1. The van der Waals surface area contributed by atoms with Crippen LogP contribution in [0.1, 0.15) is 11.3 Å². The van der Waals surface area contributed by atoms with Crippen LogP contribution in [0.5, 0.6) is 17.2 Å². The summed E-state index contributed by atoms with van der Waals surface area (Å²) >= 11 is 0. The second-order valence-electron chi connectivity index (χ2n) is 7.50. The fourth-order valence-electron chi connectivity index (χ4n) is 3.44. The first-order valence-electron chi connectivity index (χ1n) is 10.1. The van der Waals surface area contributed by atoms with Crippen LogP contribution in [0.15, 0.2) is 65.3 Å². The summed E-state index contributed by atoms with van der Waals surface area (Å²) in [6, 6.07) is 15.4. The molecule has 0 aliphatic rings. The van der Waals surface area contributed by atoms with Crippen molar-refractivity contribution in [2.24, 2.45) is 0 Å². The van der Waals surface area contributed by atoms with Gasteiger partial charge in [0.15, 0.2) is 11.5 Å². The van der Waals surface area contributed by atoms with Gasteiger partial charge in [0, 0.05) is 49.7 Å². The molecule has 4 rings (SSSR count). The van der Waals surface area contributed by atoms with Gasteiger partial charge in [-0.15, -0.1) is 12.4 Å². The van der Waals surface area contributed by atoms with E-state index in [1.807, 2.05) is 61.6 Å². The number of benzene rings is 2. The highest BCUT2D eigenvalue weighted by atomic mass is 35.5. The molecule has 33 heavy (non-hydrogen) atoms. The number of oxazole rings is 1. The normalized spacial score (nSPS) is 10.4. The number of methoxy groups -OCH3 is 2. The van der Waals surface area contributed by atoms with Gasteiger partial charge in [0.1, 0.15) is 11.5 Å². The van der Waals surface area contributed by atoms with Gasteiger partial charge in [0.05, 0.1) is 14.2 Å². The molecule has 0 fully saturated rings. The van der Waals surface area contributed by atoms with Gasteiger partial charge in [-0.25, -0.2) is 4.98 Å². The number of aromatic hydroxyl groups is 1. The first-order valence-corrected chi connectivity index (χ1v) is 10.1. The van der Waals surface area contributed by atoms with E-state index in [0.717, 1.165) is 28.3 Å². The predicted octanol–water partition coefficient (Wildman–Crippen LogP) is 5.21. The van der Waals surface area contributed by atoms with E-state index in [1.54, 1.807) is 18.3 Å². The predicted molar refractivity (Wildman–Crippen MR) is 131 cm³/mol. The van der Waals surface area contributed by atoms with Crippen LogP contribution in [0.25, 0.3) is 22.7 Å². The molecule has 1 N–H and O–H groups in total. The van der Waals surface area contributed by atoms with Crippen molar-refractivity contribution in [1.29, 1.82) is 0 Å². The molecule has 8 heteroatoms. The topological polar surface area (TPSA) is 80.9 Å². The van der Waals surface area contributed by atoms with E-state index < -0.39 is 0 Å². The molecule has 0 amide bonds. The molecule has 2 heterocycles. The molecular formula is C25H26ClN3O4. The van der Waals surface area contributed by atoms with E-state index in [2.05, 4.69) is 4.98 Å². The standard InChI is InChI=1S/C25H25N3O4.ClH/c1-28(2)19-9-7-17(8-10-19)23-20(12-16-6-5-11-26-15-16)32-25(27-23)18-13-21(30-3)24(29)22(14-18)31-4;/h5-11,13-15,29H,12H2,1-4H3;1H. The third-order valence-electron chi connectivity index (χ3n) is 5.17. The van der Waals surface area contributed by atoms with E-state index in [0.29, 0.717) is 17.9 Å². The molecule has 0 saturated carbocycles. The number of pyridine rings is 1. The van der Waals surface area contributed by atoms with Gasteiger partial charge in [0.2, 0.25) is 11.6 Å². The van der Waals surface area contributed by atoms with Crippen LogP contribution in [-0.4, -0.2) is 43.4 Å². The summed E-state index contributed by atoms with van der Waals surface area (Å²) in [4.78, 5) is 11.1. The SMILES string of the molecule is COc1cc(-c2nc(-c3ccc(N(C)C)cc3)c(Cc3cccnc3)o2)cc(OC)c1O.Cl. The Hall–Kier alpha value is -3.71. The maximum absolute atomic E-state index is 10.3. The van der Waals surface area contributed by atoms with Crippen LogP contribution in [-0.2, 0) is 6.42 Å². The van der Waals surface area contributed by atoms with Gasteiger partial charge in [-0.3, -0.25) is 4.98 Å². The average Bonchev–Trinajstić information content (AvgIpc) is 3.23. The highest BCUT2D eigenvalue weighted by Crippen LogP contribution is 2.41. The highest BCUT2D eigenvalue weighted by Gasteiger charge is 2.20. The second kappa shape index (κ2) is 10.3. The molecule has 4 aromatic rings. The van der Waals surface area contributed by atoms with Crippen molar-refractivity contribution in [2.75, 3.05) is 33.2 Å². The lowest BCUT2D eigenvalue weighted by molar-refractivity contribution is 0.340. The molecule has 7 nitrogen and oxygen atoms in total.